The van der Waals surface area contributed by atoms with Crippen LogP contribution in [0.25, 0.3) is 22.1 Å². The third-order valence-electron chi connectivity index (χ3n) is 6.52. The highest BCUT2D eigenvalue weighted by Crippen LogP contribution is 2.32. The van der Waals surface area contributed by atoms with Crippen LogP contribution in [0.15, 0.2) is 75.9 Å². The van der Waals surface area contributed by atoms with Gasteiger partial charge in [0.2, 0.25) is 0 Å². The van der Waals surface area contributed by atoms with Gasteiger partial charge in [0, 0.05) is 35.8 Å². The molecule has 1 saturated heterocycles. The number of fused-ring (bicyclic) bond motifs is 1. The van der Waals surface area contributed by atoms with Gasteiger partial charge in [0.15, 0.2) is 5.11 Å². The van der Waals surface area contributed by atoms with Crippen molar-refractivity contribution >= 4 is 51.3 Å². The topological polar surface area (TPSA) is 118 Å². The molecule has 0 bridgehead atoms. The predicted molar refractivity (Wildman–Crippen MR) is 151 cm³/mol. The number of carbonyl (C=O) groups excluding carboxylic acids is 1. The van der Waals surface area contributed by atoms with Gasteiger partial charge in [-0.15, -0.1) is 0 Å². The Balaban J connectivity index is 1.30. The average molecular weight is 529 g/mol. The summed E-state index contributed by atoms with van der Waals surface area (Å²) in [7, 11) is 0. The molecular formula is C28H24N4O5S. The Hall–Kier alpha value is -4.57. The van der Waals surface area contributed by atoms with E-state index in [-0.39, 0.29) is 16.4 Å². The van der Waals surface area contributed by atoms with Crippen LogP contribution < -0.4 is 21.2 Å². The van der Waals surface area contributed by atoms with Gasteiger partial charge >= 0.3 is 5.63 Å². The third-order valence-corrected chi connectivity index (χ3v) is 6.73. The van der Waals surface area contributed by atoms with E-state index in [0.717, 1.165) is 42.4 Å². The second-order valence-electron chi connectivity index (χ2n) is 9.08. The number of hydrogen-bond donors (Lipinski definition) is 2. The molecule has 5 rings (SSSR count). The number of thiocarbonyl (C=S) groups is 1. The number of nitro benzene ring substituents is 1. The monoisotopic (exact) mass is 528 g/mol. The molecule has 192 valence electrons. The van der Waals surface area contributed by atoms with Crippen LogP contribution >= 0.6 is 12.2 Å². The molecule has 0 aliphatic carbocycles. The summed E-state index contributed by atoms with van der Waals surface area (Å²) in [6, 6.07) is 18.9. The summed E-state index contributed by atoms with van der Waals surface area (Å²) in [5.74, 6) is -0.555. The molecule has 0 unspecified atom stereocenters. The lowest BCUT2D eigenvalue weighted by Crippen LogP contribution is -2.34. The minimum absolute atomic E-state index is 0.0404. The number of amides is 1. The largest absolute Gasteiger partial charge is 0.422 e. The molecule has 4 aromatic rings. The zero-order valence-electron chi connectivity index (χ0n) is 20.5. The molecule has 1 aromatic heterocycles. The first-order valence-electron chi connectivity index (χ1n) is 12.1. The number of anilines is 2. The van der Waals surface area contributed by atoms with Gasteiger partial charge in [-0.25, -0.2) is 4.79 Å². The van der Waals surface area contributed by atoms with Crippen molar-refractivity contribution in [2.75, 3.05) is 23.3 Å². The van der Waals surface area contributed by atoms with Gasteiger partial charge in [-0.1, -0.05) is 24.3 Å². The number of nitro groups is 1. The van der Waals surface area contributed by atoms with Gasteiger partial charge in [-0.05, 0) is 79.5 Å². The Morgan fingerprint density at radius 2 is 1.79 bits per heavy atom. The molecule has 1 fully saturated rings. The summed E-state index contributed by atoms with van der Waals surface area (Å²) in [5, 5.41) is 18.0. The summed E-state index contributed by atoms with van der Waals surface area (Å²) in [5.41, 5.74) is 3.21. The Morgan fingerprint density at radius 1 is 1.03 bits per heavy atom. The summed E-state index contributed by atoms with van der Waals surface area (Å²) in [6.07, 6.45) is 1.96. The zero-order valence-corrected chi connectivity index (χ0v) is 21.3. The maximum absolute atomic E-state index is 12.8. The van der Waals surface area contributed by atoms with Crippen LogP contribution in [0.2, 0.25) is 0 Å². The van der Waals surface area contributed by atoms with Gasteiger partial charge < -0.3 is 14.6 Å². The molecule has 3 aromatic carbocycles. The fourth-order valence-corrected chi connectivity index (χ4v) is 4.88. The van der Waals surface area contributed by atoms with Crippen LogP contribution in [0.5, 0.6) is 0 Å². The first-order valence-corrected chi connectivity index (χ1v) is 12.5. The molecule has 10 heteroatoms. The molecule has 0 spiro atoms. The average Bonchev–Trinajstić information content (AvgIpc) is 3.43. The van der Waals surface area contributed by atoms with Crippen molar-refractivity contribution in [1.82, 2.24) is 5.32 Å². The van der Waals surface area contributed by atoms with Crippen LogP contribution in [-0.4, -0.2) is 29.0 Å². The van der Waals surface area contributed by atoms with Gasteiger partial charge in [0.05, 0.1) is 10.5 Å². The molecule has 0 atom stereocenters. The third kappa shape index (κ3) is 5.12. The lowest BCUT2D eigenvalue weighted by molar-refractivity contribution is -0.384. The molecule has 1 aliphatic heterocycles. The van der Waals surface area contributed by atoms with E-state index in [0.29, 0.717) is 22.5 Å². The van der Waals surface area contributed by atoms with E-state index >= 15 is 0 Å². The molecule has 1 aliphatic rings. The summed E-state index contributed by atoms with van der Waals surface area (Å²) < 4.78 is 5.46. The van der Waals surface area contributed by atoms with E-state index in [2.05, 4.69) is 10.6 Å². The highest BCUT2D eigenvalue weighted by atomic mass is 32.1. The van der Waals surface area contributed by atoms with E-state index < -0.39 is 16.5 Å². The number of rotatable bonds is 5. The second-order valence-corrected chi connectivity index (χ2v) is 9.49. The minimum Gasteiger partial charge on any atom is -0.422 e. The minimum atomic E-state index is -0.555. The van der Waals surface area contributed by atoms with Crippen molar-refractivity contribution in [2.45, 2.75) is 19.8 Å². The molecule has 2 heterocycles. The number of hydrogen-bond acceptors (Lipinski definition) is 7. The molecule has 9 nitrogen and oxygen atoms in total. The van der Waals surface area contributed by atoms with E-state index in [9.17, 15) is 19.7 Å². The summed E-state index contributed by atoms with van der Waals surface area (Å²) in [6.45, 7) is 3.37. The van der Waals surface area contributed by atoms with Crippen LogP contribution in [0.3, 0.4) is 0 Å². The maximum atomic E-state index is 12.8. The standard InChI is InChI=1S/C28H24N4O5S/c1-17-14-20(9-10-21(17)22-15-18-6-2-3-7-25(18)37-27(22)34)29-28(38)30-26(33)19-8-11-23(24(16-19)32(35)36)31-12-4-5-13-31/h2-3,6-11,14-16H,4-5,12-13H2,1H3,(H2,29,30,33,38). The van der Waals surface area contributed by atoms with Crippen molar-refractivity contribution in [3.8, 4) is 11.1 Å². The van der Waals surface area contributed by atoms with Crippen LogP contribution in [0.1, 0.15) is 28.8 Å². The van der Waals surface area contributed by atoms with E-state index in [1.807, 2.05) is 30.0 Å². The fraction of sp³-hybridized carbons (Fsp3) is 0.179. The lowest BCUT2D eigenvalue weighted by atomic mass is 10.0. The molecule has 38 heavy (non-hydrogen) atoms. The fourth-order valence-electron chi connectivity index (χ4n) is 4.67. The predicted octanol–water partition coefficient (Wildman–Crippen LogP) is 5.40. The van der Waals surface area contributed by atoms with Crippen LogP contribution in [0, 0.1) is 17.0 Å². The van der Waals surface area contributed by atoms with E-state index in [4.69, 9.17) is 16.6 Å². The van der Waals surface area contributed by atoms with Crippen LogP contribution in [0.4, 0.5) is 17.1 Å². The molecule has 0 saturated carbocycles. The first-order chi connectivity index (χ1) is 18.3. The molecule has 2 N–H and O–H groups in total. The van der Waals surface area contributed by atoms with Crippen molar-refractivity contribution in [3.63, 3.8) is 0 Å². The van der Waals surface area contributed by atoms with Gasteiger partial charge in [-0.2, -0.15) is 0 Å². The maximum Gasteiger partial charge on any atom is 0.344 e. The number of benzene rings is 3. The number of carbonyl (C=O) groups is 1. The highest BCUT2D eigenvalue weighted by Gasteiger charge is 2.24. The number of nitrogens with zero attached hydrogens (tertiary/aromatic N) is 2. The number of para-hydroxylation sites is 1. The van der Waals surface area contributed by atoms with Crippen LogP contribution in [-0.2, 0) is 0 Å². The molecule has 0 radical (unpaired) electrons. The lowest BCUT2D eigenvalue weighted by Gasteiger charge is -2.18. The Bertz CT molecular complexity index is 1640. The Kier molecular flexibility index (Phi) is 6.89. The Labute approximate surface area is 223 Å². The normalized spacial score (nSPS) is 12.9. The quantitative estimate of drug-likeness (QED) is 0.153. The second kappa shape index (κ2) is 10.4. The van der Waals surface area contributed by atoms with Gasteiger partial charge in [-0.3, -0.25) is 20.2 Å². The smallest absolute Gasteiger partial charge is 0.344 e. The molecular weight excluding hydrogens is 504 g/mol. The van der Waals surface area contributed by atoms with E-state index in [1.165, 1.54) is 6.07 Å². The Morgan fingerprint density at radius 3 is 2.53 bits per heavy atom. The van der Waals surface area contributed by atoms with Crippen molar-refractivity contribution in [1.29, 1.82) is 0 Å². The number of nitrogens with one attached hydrogen (secondary N) is 2. The molecule has 1 amide bonds. The highest BCUT2D eigenvalue weighted by molar-refractivity contribution is 7.80. The zero-order chi connectivity index (χ0) is 26.8. The van der Waals surface area contributed by atoms with Crippen molar-refractivity contribution in [3.05, 3.63) is 98.4 Å². The van der Waals surface area contributed by atoms with Crippen molar-refractivity contribution in [2.24, 2.45) is 0 Å². The summed E-state index contributed by atoms with van der Waals surface area (Å²) >= 11 is 5.30. The van der Waals surface area contributed by atoms with Gasteiger partial charge in [0.25, 0.3) is 11.6 Å². The summed E-state index contributed by atoms with van der Waals surface area (Å²) in [4.78, 5) is 38.5. The SMILES string of the molecule is Cc1cc(NC(=S)NC(=O)c2ccc(N3CCCC3)c([N+](=O)[O-])c2)ccc1-c1cc2ccccc2oc1=O. The first kappa shape index (κ1) is 25.1. The number of aryl methyl sites for hydroxylation is 1. The van der Waals surface area contributed by atoms with E-state index in [1.54, 1.807) is 42.5 Å². The van der Waals surface area contributed by atoms with Gasteiger partial charge in [0.1, 0.15) is 11.3 Å². The van der Waals surface area contributed by atoms with Crippen molar-refractivity contribution < 1.29 is 14.1 Å².